The van der Waals surface area contributed by atoms with Crippen LogP contribution in [0.3, 0.4) is 0 Å². The molecule has 2 N–H and O–H groups in total. The first-order valence-electron chi connectivity index (χ1n) is 9.97. The van der Waals surface area contributed by atoms with Gasteiger partial charge in [-0.15, -0.1) is 0 Å². The van der Waals surface area contributed by atoms with Crippen LogP contribution in [-0.2, 0) is 11.3 Å². The van der Waals surface area contributed by atoms with Gasteiger partial charge in [-0.25, -0.2) is 4.79 Å². The van der Waals surface area contributed by atoms with Crippen LogP contribution in [0.5, 0.6) is 0 Å². The number of benzene rings is 2. The number of aromatic nitrogens is 2. The van der Waals surface area contributed by atoms with Crippen molar-refractivity contribution in [2.24, 2.45) is 5.92 Å². The van der Waals surface area contributed by atoms with Gasteiger partial charge in [0.25, 0.3) is 5.56 Å². The third-order valence-electron chi connectivity index (χ3n) is 5.93. The summed E-state index contributed by atoms with van der Waals surface area (Å²) in [6.45, 7) is 1.88. The van der Waals surface area contributed by atoms with E-state index >= 15 is 0 Å². The Hall–Kier alpha value is -2.61. The standard InChI is InChI=1S/C22H21Cl2N3O4/c23-17-6-5-13(11-18(17)24)14-7-8-26(12-16(14)21(29)30)9-10-27-19-4-2-1-3-15(19)20(28)25-22(27)31/h1-6,11,14,16H,7-10,12H2,(H,29,30)(H,25,28,31). The van der Waals surface area contributed by atoms with Gasteiger partial charge in [-0.05, 0) is 48.7 Å². The highest BCUT2D eigenvalue weighted by Crippen LogP contribution is 2.36. The highest BCUT2D eigenvalue weighted by molar-refractivity contribution is 6.42. The molecule has 1 aliphatic rings. The number of aliphatic carboxylic acids is 1. The molecule has 2 atom stereocenters. The molecule has 7 nitrogen and oxygen atoms in total. The number of nitrogens with one attached hydrogen (secondary N) is 1. The summed E-state index contributed by atoms with van der Waals surface area (Å²) in [5.41, 5.74) is 0.551. The quantitative estimate of drug-likeness (QED) is 0.608. The summed E-state index contributed by atoms with van der Waals surface area (Å²) >= 11 is 12.1. The maximum atomic E-state index is 12.4. The van der Waals surface area contributed by atoms with Crippen molar-refractivity contribution in [3.8, 4) is 0 Å². The molecule has 0 saturated carbocycles. The van der Waals surface area contributed by atoms with Crippen LogP contribution < -0.4 is 11.2 Å². The lowest BCUT2D eigenvalue weighted by molar-refractivity contribution is -0.144. The maximum absolute atomic E-state index is 12.4. The van der Waals surface area contributed by atoms with E-state index in [9.17, 15) is 19.5 Å². The molecule has 1 fully saturated rings. The topological polar surface area (TPSA) is 95.4 Å². The Morgan fingerprint density at radius 1 is 1.10 bits per heavy atom. The molecule has 1 saturated heterocycles. The van der Waals surface area contributed by atoms with Crippen molar-refractivity contribution in [3.05, 3.63) is 78.9 Å². The van der Waals surface area contributed by atoms with Crippen molar-refractivity contribution < 1.29 is 9.90 Å². The van der Waals surface area contributed by atoms with Gasteiger partial charge in [-0.2, -0.15) is 0 Å². The van der Waals surface area contributed by atoms with Crippen LogP contribution in [-0.4, -0.2) is 45.2 Å². The van der Waals surface area contributed by atoms with Crippen molar-refractivity contribution in [3.63, 3.8) is 0 Å². The average molecular weight is 462 g/mol. The van der Waals surface area contributed by atoms with E-state index in [1.165, 1.54) is 4.57 Å². The molecule has 1 aliphatic heterocycles. The predicted octanol–water partition coefficient (Wildman–Crippen LogP) is 3.19. The van der Waals surface area contributed by atoms with E-state index in [0.717, 1.165) is 5.56 Å². The van der Waals surface area contributed by atoms with E-state index < -0.39 is 23.1 Å². The van der Waals surface area contributed by atoms with Crippen molar-refractivity contribution in [1.82, 2.24) is 14.5 Å². The van der Waals surface area contributed by atoms with Gasteiger partial charge < -0.3 is 10.0 Å². The van der Waals surface area contributed by atoms with E-state index in [4.69, 9.17) is 23.2 Å². The van der Waals surface area contributed by atoms with E-state index in [1.807, 2.05) is 11.0 Å². The first kappa shape index (κ1) is 21.6. The number of carboxylic acids is 1. The van der Waals surface area contributed by atoms with Crippen molar-refractivity contribution in [2.45, 2.75) is 18.9 Å². The van der Waals surface area contributed by atoms with Gasteiger partial charge in [0, 0.05) is 19.6 Å². The lowest BCUT2D eigenvalue weighted by Gasteiger charge is -2.37. The molecule has 0 amide bonds. The average Bonchev–Trinajstić information content (AvgIpc) is 2.75. The van der Waals surface area contributed by atoms with Crippen molar-refractivity contribution in [1.29, 1.82) is 0 Å². The zero-order chi connectivity index (χ0) is 22.1. The second-order valence-electron chi connectivity index (χ2n) is 7.74. The summed E-state index contributed by atoms with van der Waals surface area (Å²) in [6.07, 6.45) is 0.649. The molecule has 0 radical (unpaired) electrons. The Balaban J connectivity index is 1.52. The number of hydrogen-bond acceptors (Lipinski definition) is 4. The fourth-order valence-electron chi connectivity index (χ4n) is 4.32. The SMILES string of the molecule is O=C(O)C1CN(CCn2c(=O)[nH]c(=O)c3ccccc32)CCC1c1ccc(Cl)c(Cl)c1. The number of piperidine rings is 1. The van der Waals surface area contributed by atoms with Crippen LogP contribution in [0.4, 0.5) is 0 Å². The molecule has 4 rings (SSSR count). The number of rotatable bonds is 5. The summed E-state index contributed by atoms with van der Waals surface area (Å²) in [6, 6.07) is 12.2. The third-order valence-corrected chi connectivity index (χ3v) is 6.67. The number of carbonyl (C=O) groups is 1. The normalized spacial score (nSPS) is 19.5. The number of hydrogen-bond donors (Lipinski definition) is 2. The molecule has 31 heavy (non-hydrogen) atoms. The summed E-state index contributed by atoms with van der Waals surface area (Å²) in [7, 11) is 0. The number of fused-ring (bicyclic) bond motifs is 1. The number of carboxylic acid groups (broad SMARTS) is 1. The van der Waals surface area contributed by atoms with Gasteiger partial charge in [-0.1, -0.05) is 41.4 Å². The van der Waals surface area contributed by atoms with Crippen molar-refractivity contribution >= 4 is 40.1 Å². The fraction of sp³-hybridized carbons (Fsp3) is 0.318. The number of nitrogens with zero attached hydrogens (tertiary/aromatic N) is 2. The summed E-state index contributed by atoms with van der Waals surface area (Å²) in [5.74, 6) is -1.64. The minimum absolute atomic E-state index is 0.167. The number of likely N-dealkylation sites (tertiary alicyclic amines) is 1. The van der Waals surface area contributed by atoms with E-state index in [0.29, 0.717) is 53.5 Å². The third kappa shape index (κ3) is 4.39. The monoisotopic (exact) mass is 461 g/mol. The maximum Gasteiger partial charge on any atom is 0.328 e. The number of para-hydroxylation sites is 1. The fourth-order valence-corrected chi connectivity index (χ4v) is 4.63. The molecule has 0 spiro atoms. The Morgan fingerprint density at radius 2 is 1.87 bits per heavy atom. The zero-order valence-electron chi connectivity index (χ0n) is 16.6. The first-order chi connectivity index (χ1) is 14.8. The van der Waals surface area contributed by atoms with Crippen LogP contribution in [0.2, 0.25) is 10.0 Å². The van der Waals surface area contributed by atoms with Crippen LogP contribution >= 0.6 is 23.2 Å². The summed E-state index contributed by atoms with van der Waals surface area (Å²) in [5, 5.41) is 11.1. The number of H-pyrrole nitrogens is 1. The molecule has 0 aliphatic carbocycles. The molecule has 2 heterocycles. The van der Waals surface area contributed by atoms with Gasteiger partial charge in [0.1, 0.15) is 0 Å². The lowest BCUT2D eigenvalue weighted by Crippen LogP contribution is -2.44. The van der Waals surface area contributed by atoms with Crippen LogP contribution in [0.25, 0.3) is 10.9 Å². The molecular weight excluding hydrogens is 441 g/mol. The molecule has 1 aromatic heterocycles. The number of aromatic amines is 1. The number of halogens is 2. The highest BCUT2D eigenvalue weighted by Gasteiger charge is 2.35. The smallest absolute Gasteiger partial charge is 0.328 e. The van der Waals surface area contributed by atoms with Gasteiger partial charge in [0.2, 0.25) is 0 Å². The zero-order valence-corrected chi connectivity index (χ0v) is 18.1. The largest absolute Gasteiger partial charge is 0.481 e. The molecule has 162 valence electrons. The minimum Gasteiger partial charge on any atom is -0.481 e. The Morgan fingerprint density at radius 3 is 2.61 bits per heavy atom. The minimum atomic E-state index is -0.868. The van der Waals surface area contributed by atoms with Gasteiger partial charge in [0.15, 0.2) is 0 Å². The van der Waals surface area contributed by atoms with E-state index in [2.05, 4.69) is 4.98 Å². The molecule has 3 aromatic rings. The predicted molar refractivity (Wildman–Crippen MR) is 120 cm³/mol. The molecular formula is C22H21Cl2N3O4. The second-order valence-corrected chi connectivity index (χ2v) is 8.56. The van der Waals surface area contributed by atoms with Gasteiger partial charge in [-0.3, -0.25) is 19.1 Å². The lowest BCUT2D eigenvalue weighted by atomic mass is 9.80. The van der Waals surface area contributed by atoms with Crippen LogP contribution in [0.1, 0.15) is 17.9 Å². The van der Waals surface area contributed by atoms with Crippen LogP contribution in [0.15, 0.2) is 52.1 Å². The summed E-state index contributed by atoms with van der Waals surface area (Å²) < 4.78 is 1.53. The Bertz CT molecular complexity index is 1250. The Kier molecular flexibility index (Phi) is 6.18. The van der Waals surface area contributed by atoms with Gasteiger partial charge in [0.05, 0.1) is 26.9 Å². The summed E-state index contributed by atoms with van der Waals surface area (Å²) in [4.78, 5) is 40.8. The van der Waals surface area contributed by atoms with Crippen LogP contribution in [0, 0.1) is 5.92 Å². The Labute approximate surface area is 187 Å². The van der Waals surface area contributed by atoms with E-state index in [-0.39, 0.29) is 5.92 Å². The van der Waals surface area contributed by atoms with Crippen molar-refractivity contribution in [2.75, 3.05) is 19.6 Å². The highest BCUT2D eigenvalue weighted by atomic mass is 35.5. The second kappa shape index (κ2) is 8.86. The van der Waals surface area contributed by atoms with Gasteiger partial charge >= 0.3 is 11.7 Å². The molecule has 9 heteroatoms. The van der Waals surface area contributed by atoms with E-state index in [1.54, 1.807) is 36.4 Å². The molecule has 2 unspecified atom stereocenters. The molecule has 0 bridgehead atoms. The molecule has 2 aromatic carbocycles. The first-order valence-corrected chi connectivity index (χ1v) is 10.7.